The lowest BCUT2D eigenvalue weighted by molar-refractivity contribution is 0.0540. The second-order valence-electron chi connectivity index (χ2n) is 10.9. The zero-order valence-corrected chi connectivity index (χ0v) is 22.1. The summed E-state index contributed by atoms with van der Waals surface area (Å²) in [5, 5.41) is 6.35. The Kier molecular flexibility index (Phi) is 6.28. The third kappa shape index (κ3) is 4.29. The van der Waals surface area contributed by atoms with Crippen LogP contribution < -0.4 is 5.73 Å². The zero-order chi connectivity index (χ0) is 26.6. The topological polar surface area (TPSA) is 89.5 Å². The van der Waals surface area contributed by atoms with Crippen LogP contribution in [0.25, 0.3) is 21.8 Å². The van der Waals surface area contributed by atoms with Crippen LogP contribution in [0.4, 0.5) is 10.2 Å². The van der Waals surface area contributed by atoms with Gasteiger partial charge in [0.15, 0.2) is 0 Å². The molecule has 1 amide bonds. The van der Waals surface area contributed by atoms with E-state index in [4.69, 9.17) is 10.5 Å². The van der Waals surface area contributed by atoms with Gasteiger partial charge in [-0.25, -0.2) is 9.37 Å². The molecule has 2 aliphatic heterocycles. The lowest BCUT2D eigenvalue weighted by atomic mass is 9.88. The molecule has 0 spiro atoms. The minimum atomic E-state index is -0.581. The van der Waals surface area contributed by atoms with Gasteiger partial charge in [-0.3, -0.25) is 9.48 Å². The lowest BCUT2D eigenvalue weighted by Crippen LogP contribution is -2.42. The second kappa shape index (κ2) is 9.63. The number of carbonyl (C=O) groups is 1. The maximum atomic E-state index is 15.4. The quantitative estimate of drug-likeness (QED) is 0.420. The van der Waals surface area contributed by atoms with E-state index in [-0.39, 0.29) is 17.5 Å². The molecule has 9 heteroatoms. The number of likely N-dealkylation sites (tertiary alicyclic amines) is 1. The maximum absolute atomic E-state index is 15.4. The van der Waals surface area contributed by atoms with Gasteiger partial charge in [-0.15, -0.1) is 0 Å². The number of hydrogen-bond donors (Lipinski definition) is 1. The molecule has 0 bridgehead atoms. The molecule has 0 radical (unpaired) electrons. The molecule has 198 valence electrons. The summed E-state index contributed by atoms with van der Waals surface area (Å²) in [6, 6.07) is 9.13. The van der Waals surface area contributed by atoms with Crippen molar-refractivity contribution in [1.82, 2.24) is 24.6 Å². The molecule has 6 rings (SSSR count). The normalized spacial score (nSPS) is 19.6. The van der Waals surface area contributed by atoms with Crippen LogP contribution in [-0.4, -0.2) is 57.7 Å². The van der Waals surface area contributed by atoms with Crippen LogP contribution >= 0.6 is 0 Å². The predicted molar refractivity (Wildman–Crippen MR) is 145 cm³/mol. The van der Waals surface area contributed by atoms with E-state index in [9.17, 15) is 4.79 Å². The monoisotopic (exact) mass is 516 g/mol. The highest BCUT2D eigenvalue weighted by Gasteiger charge is 2.33. The lowest BCUT2D eigenvalue weighted by Gasteiger charge is -2.39. The highest BCUT2D eigenvalue weighted by molar-refractivity contribution is 6.00. The maximum Gasteiger partial charge on any atom is 0.257 e. The zero-order valence-electron chi connectivity index (χ0n) is 22.1. The number of fused-ring (bicyclic) bond motifs is 4. The van der Waals surface area contributed by atoms with Crippen LogP contribution in [0.2, 0.25) is 0 Å². The number of anilines is 1. The summed E-state index contributed by atoms with van der Waals surface area (Å²) < 4.78 is 23.0. The van der Waals surface area contributed by atoms with E-state index in [1.165, 1.54) is 6.07 Å². The van der Waals surface area contributed by atoms with Crippen molar-refractivity contribution in [2.45, 2.75) is 45.6 Å². The van der Waals surface area contributed by atoms with Gasteiger partial charge in [0.1, 0.15) is 11.6 Å². The molecule has 2 aromatic carbocycles. The Labute approximate surface area is 221 Å². The van der Waals surface area contributed by atoms with Gasteiger partial charge < -0.3 is 20.3 Å². The molecule has 2 aliphatic rings. The molecule has 1 fully saturated rings. The highest BCUT2D eigenvalue weighted by atomic mass is 19.1. The van der Waals surface area contributed by atoms with Gasteiger partial charge in [-0.2, -0.15) is 5.10 Å². The number of benzene rings is 2. The Morgan fingerprint density at radius 2 is 2.00 bits per heavy atom. The van der Waals surface area contributed by atoms with Crippen molar-refractivity contribution in [3.8, 4) is 0 Å². The van der Waals surface area contributed by atoms with Crippen molar-refractivity contribution >= 4 is 33.5 Å². The molecular formula is C29H33FN6O2. The molecule has 4 aromatic rings. The number of ether oxygens (including phenoxy) is 1. The van der Waals surface area contributed by atoms with Gasteiger partial charge in [0.05, 0.1) is 48.6 Å². The standard InChI is InChI=1S/C29H33FN6O2/c1-17-4-6-26(18-5-7-27-19(10-18)13-32-36(27)9-8-34(2)3)35(14-17)29(37)21-11-20-22-15-38-16-23(22)28(31)33-25(20)12-24(21)30/h5,7,10-13,17,26H,4,6,8-9,14-16H2,1-3H3,(H2,31,33)/t17-,26+/m0/s1. The first kappa shape index (κ1) is 24.8. The molecule has 2 N–H and O–H groups in total. The number of likely N-dealkylation sites (N-methyl/N-ethyl adjacent to an activating group) is 1. The van der Waals surface area contributed by atoms with Crippen LogP contribution in [0.3, 0.4) is 0 Å². The number of nitrogen functional groups attached to an aromatic ring is 1. The molecule has 0 saturated carbocycles. The number of amides is 1. The van der Waals surface area contributed by atoms with E-state index in [1.807, 2.05) is 29.9 Å². The number of rotatable bonds is 5. The fourth-order valence-corrected chi connectivity index (χ4v) is 5.82. The summed E-state index contributed by atoms with van der Waals surface area (Å²) in [6.07, 6.45) is 3.71. The van der Waals surface area contributed by atoms with Gasteiger partial charge in [0, 0.05) is 35.5 Å². The van der Waals surface area contributed by atoms with Gasteiger partial charge >= 0.3 is 0 Å². The summed E-state index contributed by atoms with van der Waals surface area (Å²) in [5.74, 6) is -0.195. The largest absolute Gasteiger partial charge is 0.383 e. The minimum Gasteiger partial charge on any atom is -0.383 e. The summed E-state index contributed by atoms with van der Waals surface area (Å²) in [7, 11) is 4.09. The fraction of sp³-hybridized carbons (Fsp3) is 0.414. The van der Waals surface area contributed by atoms with Crippen LogP contribution in [0, 0.1) is 11.7 Å². The third-order valence-electron chi connectivity index (χ3n) is 7.94. The highest BCUT2D eigenvalue weighted by Crippen LogP contribution is 2.37. The van der Waals surface area contributed by atoms with Crippen molar-refractivity contribution in [2.75, 3.05) is 32.9 Å². The van der Waals surface area contributed by atoms with Crippen LogP contribution in [0.15, 0.2) is 36.5 Å². The van der Waals surface area contributed by atoms with Gasteiger partial charge in [0.25, 0.3) is 5.91 Å². The van der Waals surface area contributed by atoms with Gasteiger partial charge in [-0.05, 0) is 62.2 Å². The average Bonchev–Trinajstić information content (AvgIpc) is 3.54. The van der Waals surface area contributed by atoms with E-state index >= 15 is 4.39 Å². The summed E-state index contributed by atoms with van der Waals surface area (Å²) >= 11 is 0. The number of piperidine rings is 1. The molecule has 1 saturated heterocycles. The van der Waals surface area contributed by atoms with Crippen LogP contribution in [0.1, 0.15) is 52.9 Å². The molecular weight excluding hydrogens is 483 g/mol. The number of nitrogens with zero attached hydrogens (tertiary/aromatic N) is 5. The Balaban J connectivity index is 1.36. The first-order chi connectivity index (χ1) is 18.3. The van der Waals surface area contributed by atoms with E-state index in [1.54, 1.807) is 6.07 Å². The van der Waals surface area contributed by atoms with Crippen molar-refractivity contribution in [3.63, 3.8) is 0 Å². The Morgan fingerprint density at radius 1 is 1.18 bits per heavy atom. The predicted octanol–water partition coefficient (Wildman–Crippen LogP) is 4.51. The Morgan fingerprint density at radius 3 is 2.82 bits per heavy atom. The number of carbonyl (C=O) groups excluding carboxylic acids is 1. The van der Waals surface area contributed by atoms with Crippen LogP contribution in [0.5, 0.6) is 0 Å². The number of pyridine rings is 1. The number of nitrogens with two attached hydrogens (primary N) is 1. The molecule has 4 heterocycles. The molecule has 0 aliphatic carbocycles. The Bertz CT molecular complexity index is 1550. The average molecular weight is 517 g/mol. The van der Waals surface area contributed by atoms with Crippen molar-refractivity contribution in [1.29, 1.82) is 0 Å². The molecule has 2 atom stereocenters. The summed E-state index contributed by atoms with van der Waals surface area (Å²) in [5.41, 5.74) is 10.4. The summed E-state index contributed by atoms with van der Waals surface area (Å²) in [4.78, 5) is 22.3. The van der Waals surface area contributed by atoms with Crippen LogP contribution in [-0.2, 0) is 24.5 Å². The number of hydrogen-bond acceptors (Lipinski definition) is 6. The number of halogens is 1. The first-order valence-corrected chi connectivity index (χ1v) is 13.2. The smallest absolute Gasteiger partial charge is 0.257 e. The number of aromatic nitrogens is 3. The molecule has 2 aromatic heterocycles. The first-order valence-electron chi connectivity index (χ1n) is 13.2. The van der Waals surface area contributed by atoms with Crippen molar-refractivity contribution in [3.05, 3.63) is 64.6 Å². The van der Waals surface area contributed by atoms with E-state index in [0.29, 0.717) is 37.0 Å². The molecule has 8 nitrogen and oxygen atoms in total. The van der Waals surface area contributed by atoms with Gasteiger partial charge in [-0.1, -0.05) is 13.0 Å². The Hall–Kier alpha value is -3.56. The molecule has 38 heavy (non-hydrogen) atoms. The van der Waals surface area contributed by atoms with E-state index in [0.717, 1.165) is 58.9 Å². The fourth-order valence-electron chi connectivity index (χ4n) is 5.82. The SMILES string of the molecule is C[C@H]1CC[C@H](c2ccc3c(cnn3CCN(C)C)c2)N(C(=O)c2cc3c4c(c(N)nc3cc2F)COC4)C1. The molecule has 0 unspecified atom stereocenters. The van der Waals surface area contributed by atoms with Gasteiger partial charge in [0.2, 0.25) is 0 Å². The summed E-state index contributed by atoms with van der Waals surface area (Å²) in [6.45, 7) is 5.17. The second-order valence-corrected chi connectivity index (χ2v) is 10.9. The van der Waals surface area contributed by atoms with E-state index < -0.39 is 5.82 Å². The minimum absolute atomic E-state index is 0.0647. The third-order valence-corrected chi connectivity index (χ3v) is 7.94. The van der Waals surface area contributed by atoms with E-state index in [2.05, 4.69) is 40.1 Å². The van der Waals surface area contributed by atoms with Crippen molar-refractivity contribution < 1.29 is 13.9 Å². The van der Waals surface area contributed by atoms with Crippen molar-refractivity contribution in [2.24, 2.45) is 5.92 Å².